The van der Waals surface area contributed by atoms with Crippen molar-refractivity contribution in [3.63, 3.8) is 0 Å². The van der Waals surface area contributed by atoms with Crippen molar-refractivity contribution in [2.24, 2.45) is 0 Å². The van der Waals surface area contributed by atoms with Crippen LogP contribution >= 0.6 is 0 Å². The molecule has 2 heterocycles. The lowest BCUT2D eigenvalue weighted by atomic mass is 10.2. The fourth-order valence-electron chi connectivity index (χ4n) is 2.33. The van der Waals surface area contributed by atoms with Gasteiger partial charge < -0.3 is 15.5 Å². The molecule has 1 aromatic heterocycles. The summed E-state index contributed by atoms with van der Waals surface area (Å²) < 4.78 is 0. The molecule has 0 bridgehead atoms. The van der Waals surface area contributed by atoms with Crippen molar-refractivity contribution in [3.8, 4) is 0 Å². The number of amides is 1. The molecule has 1 aliphatic rings. The minimum Gasteiger partial charge on any atom is -0.370 e. The minimum absolute atomic E-state index is 0.113. The number of carbonyl (C=O) groups is 1. The molecule has 6 heteroatoms. The van der Waals surface area contributed by atoms with Crippen molar-refractivity contribution in [1.82, 2.24) is 15.3 Å². The van der Waals surface area contributed by atoms with E-state index in [2.05, 4.69) is 39.3 Å². The summed E-state index contributed by atoms with van der Waals surface area (Å²) in [5.41, 5.74) is 1.05. The van der Waals surface area contributed by atoms with Crippen LogP contribution in [0.2, 0.25) is 0 Å². The normalized spacial score (nSPS) is 15.8. The molecule has 2 N–H and O–H groups in total. The van der Waals surface area contributed by atoms with Gasteiger partial charge in [0.05, 0.1) is 0 Å². The van der Waals surface area contributed by atoms with Crippen molar-refractivity contribution in [3.05, 3.63) is 11.4 Å². The molecule has 0 atom stereocenters. The topological polar surface area (TPSA) is 70.2 Å². The average molecular weight is 277 g/mol. The van der Waals surface area contributed by atoms with Crippen molar-refractivity contribution in [2.45, 2.75) is 33.6 Å². The highest BCUT2D eigenvalue weighted by atomic mass is 16.1. The standard InChI is InChI=1S/C14H23N5O/c1-4-11-17-13(15-5-2)10(3)14(18-11)19-8-6-12(20)16-7-9-19/h4-9H2,1-3H3,(H,16,20)(H,15,17,18). The minimum atomic E-state index is 0.113. The first-order valence-electron chi connectivity index (χ1n) is 7.28. The van der Waals surface area contributed by atoms with Crippen LogP contribution < -0.4 is 15.5 Å². The van der Waals surface area contributed by atoms with Gasteiger partial charge in [-0.25, -0.2) is 9.97 Å². The molecule has 0 saturated carbocycles. The van der Waals surface area contributed by atoms with E-state index in [4.69, 9.17) is 0 Å². The summed E-state index contributed by atoms with van der Waals surface area (Å²) in [7, 11) is 0. The molecule has 1 aromatic rings. The van der Waals surface area contributed by atoms with Crippen LogP contribution in [0.4, 0.5) is 11.6 Å². The van der Waals surface area contributed by atoms with E-state index in [0.717, 1.165) is 42.5 Å². The summed E-state index contributed by atoms with van der Waals surface area (Å²) in [6, 6.07) is 0. The first-order chi connectivity index (χ1) is 9.65. The lowest BCUT2D eigenvalue weighted by Crippen LogP contribution is -2.30. The van der Waals surface area contributed by atoms with E-state index >= 15 is 0 Å². The molecule has 6 nitrogen and oxygen atoms in total. The molecule has 2 rings (SSSR count). The Labute approximate surface area is 120 Å². The highest BCUT2D eigenvalue weighted by Gasteiger charge is 2.19. The second-order valence-corrected chi connectivity index (χ2v) is 4.91. The molecular formula is C14H23N5O. The number of nitrogens with one attached hydrogen (secondary N) is 2. The van der Waals surface area contributed by atoms with E-state index < -0.39 is 0 Å². The maximum Gasteiger partial charge on any atom is 0.221 e. The summed E-state index contributed by atoms with van der Waals surface area (Å²) >= 11 is 0. The Morgan fingerprint density at radius 3 is 2.80 bits per heavy atom. The van der Waals surface area contributed by atoms with Gasteiger partial charge in [-0.15, -0.1) is 0 Å². The third kappa shape index (κ3) is 3.18. The zero-order valence-corrected chi connectivity index (χ0v) is 12.5. The molecule has 1 saturated heterocycles. The number of carbonyl (C=O) groups excluding carboxylic acids is 1. The van der Waals surface area contributed by atoms with E-state index in [1.165, 1.54) is 0 Å². The van der Waals surface area contributed by atoms with Gasteiger partial charge in [-0.3, -0.25) is 4.79 Å². The van der Waals surface area contributed by atoms with Crippen LogP contribution in [0.1, 0.15) is 31.7 Å². The van der Waals surface area contributed by atoms with E-state index in [1.807, 2.05) is 6.92 Å². The van der Waals surface area contributed by atoms with Gasteiger partial charge in [-0.1, -0.05) is 6.92 Å². The van der Waals surface area contributed by atoms with Crippen LogP contribution in [0, 0.1) is 6.92 Å². The number of aromatic nitrogens is 2. The first kappa shape index (κ1) is 14.6. The molecular weight excluding hydrogens is 254 g/mol. The van der Waals surface area contributed by atoms with E-state index in [0.29, 0.717) is 19.5 Å². The monoisotopic (exact) mass is 277 g/mol. The largest absolute Gasteiger partial charge is 0.370 e. The number of aryl methyl sites for hydroxylation is 1. The molecule has 1 aliphatic heterocycles. The highest BCUT2D eigenvalue weighted by molar-refractivity contribution is 5.77. The summed E-state index contributed by atoms with van der Waals surface area (Å²) in [4.78, 5) is 22.8. The van der Waals surface area contributed by atoms with Gasteiger partial charge in [0.25, 0.3) is 0 Å². The summed E-state index contributed by atoms with van der Waals surface area (Å²) in [5.74, 6) is 2.80. The quantitative estimate of drug-likeness (QED) is 0.862. The van der Waals surface area contributed by atoms with Gasteiger partial charge in [0.15, 0.2) is 0 Å². The van der Waals surface area contributed by atoms with Crippen LogP contribution in [0.3, 0.4) is 0 Å². The van der Waals surface area contributed by atoms with Gasteiger partial charge in [-0.2, -0.15) is 0 Å². The van der Waals surface area contributed by atoms with E-state index in [1.54, 1.807) is 0 Å². The van der Waals surface area contributed by atoms with Gasteiger partial charge >= 0.3 is 0 Å². The number of nitrogens with zero attached hydrogens (tertiary/aromatic N) is 3. The Bertz CT molecular complexity index is 489. The SMILES string of the molecule is CCNc1nc(CC)nc(N2CCNC(=O)CC2)c1C. The highest BCUT2D eigenvalue weighted by Crippen LogP contribution is 2.24. The number of rotatable bonds is 4. The van der Waals surface area contributed by atoms with Crippen molar-refractivity contribution in [2.75, 3.05) is 36.4 Å². The Morgan fingerprint density at radius 2 is 2.10 bits per heavy atom. The number of hydrogen-bond acceptors (Lipinski definition) is 5. The predicted octanol–water partition coefficient (Wildman–Crippen LogP) is 1.11. The van der Waals surface area contributed by atoms with E-state index in [9.17, 15) is 4.79 Å². The third-order valence-corrected chi connectivity index (χ3v) is 3.44. The zero-order valence-electron chi connectivity index (χ0n) is 12.5. The fraction of sp³-hybridized carbons (Fsp3) is 0.643. The summed E-state index contributed by atoms with van der Waals surface area (Å²) in [6.45, 7) is 9.14. The number of hydrogen-bond donors (Lipinski definition) is 2. The zero-order chi connectivity index (χ0) is 14.5. The van der Waals surface area contributed by atoms with Crippen LogP contribution in [0.15, 0.2) is 0 Å². The van der Waals surface area contributed by atoms with Gasteiger partial charge in [0.1, 0.15) is 17.5 Å². The molecule has 0 aromatic carbocycles. The van der Waals surface area contributed by atoms with Crippen molar-refractivity contribution in [1.29, 1.82) is 0 Å². The fourth-order valence-corrected chi connectivity index (χ4v) is 2.33. The molecule has 1 amide bonds. The maximum absolute atomic E-state index is 11.5. The summed E-state index contributed by atoms with van der Waals surface area (Å²) in [5, 5.41) is 6.19. The van der Waals surface area contributed by atoms with Crippen LogP contribution in [-0.2, 0) is 11.2 Å². The molecule has 0 radical (unpaired) electrons. The van der Waals surface area contributed by atoms with Gasteiger partial charge in [-0.05, 0) is 13.8 Å². The molecule has 20 heavy (non-hydrogen) atoms. The van der Waals surface area contributed by atoms with Crippen LogP contribution in [0.5, 0.6) is 0 Å². The van der Waals surface area contributed by atoms with Crippen LogP contribution in [0.25, 0.3) is 0 Å². The van der Waals surface area contributed by atoms with Gasteiger partial charge in [0.2, 0.25) is 5.91 Å². The maximum atomic E-state index is 11.5. The lowest BCUT2D eigenvalue weighted by molar-refractivity contribution is -0.120. The Morgan fingerprint density at radius 1 is 1.30 bits per heavy atom. The Hall–Kier alpha value is -1.85. The van der Waals surface area contributed by atoms with Gasteiger partial charge in [0, 0.05) is 44.6 Å². The van der Waals surface area contributed by atoms with Crippen molar-refractivity contribution >= 4 is 17.5 Å². The third-order valence-electron chi connectivity index (χ3n) is 3.44. The molecule has 0 aliphatic carbocycles. The number of anilines is 2. The molecule has 1 fully saturated rings. The van der Waals surface area contributed by atoms with Crippen molar-refractivity contribution < 1.29 is 4.79 Å². The molecule has 0 unspecified atom stereocenters. The van der Waals surface area contributed by atoms with Crippen LogP contribution in [-0.4, -0.2) is 42.1 Å². The lowest BCUT2D eigenvalue weighted by Gasteiger charge is -2.24. The Balaban J connectivity index is 2.33. The smallest absolute Gasteiger partial charge is 0.221 e. The Kier molecular flexibility index (Phi) is 4.76. The average Bonchev–Trinajstić information content (AvgIpc) is 2.66. The second-order valence-electron chi connectivity index (χ2n) is 4.91. The first-order valence-corrected chi connectivity index (χ1v) is 7.28. The second kappa shape index (κ2) is 6.54. The molecule has 110 valence electrons. The summed E-state index contributed by atoms with van der Waals surface area (Å²) in [6.07, 6.45) is 1.32. The molecule has 0 spiro atoms. The predicted molar refractivity (Wildman–Crippen MR) is 80.2 cm³/mol. The van der Waals surface area contributed by atoms with E-state index in [-0.39, 0.29) is 5.91 Å².